The first-order valence-corrected chi connectivity index (χ1v) is 8.60. The van der Waals surface area contributed by atoms with Crippen LogP contribution in [-0.4, -0.2) is 28.6 Å². The fourth-order valence-corrected chi connectivity index (χ4v) is 3.48. The van der Waals surface area contributed by atoms with E-state index in [-0.39, 0.29) is 25.6 Å². The van der Waals surface area contributed by atoms with Crippen LogP contribution in [0.15, 0.2) is 42.5 Å². The van der Waals surface area contributed by atoms with Crippen molar-refractivity contribution in [1.82, 2.24) is 10.2 Å². The monoisotopic (exact) mass is 383 g/mol. The lowest BCUT2D eigenvalue weighted by Gasteiger charge is -2.24. The fourth-order valence-electron chi connectivity index (χ4n) is 3.48. The molecule has 1 saturated heterocycles. The lowest BCUT2D eigenvalue weighted by Crippen LogP contribution is -2.40. The molecule has 2 heterocycles. The third-order valence-electron chi connectivity index (χ3n) is 4.94. The molecule has 4 rings (SSSR count). The minimum atomic E-state index is -1.21. The second-order valence-electron chi connectivity index (χ2n) is 6.77. The van der Waals surface area contributed by atoms with Crippen LogP contribution in [0.5, 0.6) is 5.75 Å². The molecule has 1 atom stereocenters. The zero-order valence-electron chi connectivity index (χ0n) is 15.0. The predicted molar refractivity (Wildman–Crippen MR) is 96.3 cm³/mol. The van der Waals surface area contributed by atoms with Crippen LogP contribution in [0, 0.1) is 10.1 Å². The summed E-state index contributed by atoms with van der Waals surface area (Å²) in [5, 5.41) is 14.0. The first-order valence-electron chi connectivity index (χ1n) is 8.60. The van der Waals surface area contributed by atoms with Gasteiger partial charge in [0.05, 0.1) is 18.1 Å². The van der Waals surface area contributed by atoms with Gasteiger partial charge in [0.2, 0.25) is 0 Å². The van der Waals surface area contributed by atoms with E-state index in [0.717, 1.165) is 4.90 Å². The number of ether oxygens (including phenoxy) is 2. The van der Waals surface area contributed by atoms with E-state index in [1.165, 1.54) is 12.1 Å². The van der Waals surface area contributed by atoms with Crippen molar-refractivity contribution in [2.45, 2.75) is 25.6 Å². The molecule has 2 aliphatic rings. The van der Waals surface area contributed by atoms with Crippen LogP contribution < -0.4 is 10.1 Å². The van der Waals surface area contributed by atoms with Crippen LogP contribution in [0.4, 0.5) is 10.5 Å². The Morgan fingerprint density at radius 2 is 2.00 bits per heavy atom. The molecule has 0 aliphatic carbocycles. The number of hydrogen-bond donors (Lipinski definition) is 1. The molecule has 0 aromatic heterocycles. The van der Waals surface area contributed by atoms with E-state index in [0.29, 0.717) is 22.4 Å². The minimum Gasteiger partial charge on any atom is -0.467 e. The Bertz CT molecular complexity index is 977. The standard InChI is InChI=1S/C19H17N3O6/c1-19(14-5-3-2-4-6-14)17(23)21(18(24)20-19)9-12-7-15(22(25)26)8-13-10-27-11-28-16(12)13/h2-8H,9-11H2,1H3,(H,20,24)/t19-/m0/s1. The van der Waals surface area contributed by atoms with Crippen molar-refractivity contribution in [3.8, 4) is 5.75 Å². The van der Waals surface area contributed by atoms with E-state index in [1.807, 2.05) is 6.07 Å². The molecular weight excluding hydrogens is 366 g/mol. The number of rotatable bonds is 4. The van der Waals surface area contributed by atoms with E-state index in [4.69, 9.17) is 9.47 Å². The molecule has 2 aromatic carbocycles. The van der Waals surface area contributed by atoms with Crippen LogP contribution in [0.25, 0.3) is 0 Å². The summed E-state index contributed by atoms with van der Waals surface area (Å²) in [6, 6.07) is 11.0. The number of urea groups is 1. The van der Waals surface area contributed by atoms with Crippen molar-refractivity contribution in [3.05, 3.63) is 69.3 Å². The summed E-state index contributed by atoms with van der Waals surface area (Å²) in [6.07, 6.45) is 0. The number of nitrogens with one attached hydrogen (secondary N) is 1. The Hall–Kier alpha value is -3.46. The first kappa shape index (κ1) is 17.9. The number of nitrogens with zero attached hydrogens (tertiary/aromatic N) is 2. The smallest absolute Gasteiger partial charge is 0.325 e. The zero-order chi connectivity index (χ0) is 19.9. The Morgan fingerprint density at radius 1 is 1.25 bits per heavy atom. The highest BCUT2D eigenvalue weighted by atomic mass is 16.7. The van der Waals surface area contributed by atoms with E-state index >= 15 is 0 Å². The molecule has 2 aliphatic heterocycles. The van der Waals surface area contributed by atoms with Crippen LogP contribution in [0.1, 0.15) is 23.6 Å². The van der Waals surface area contributed by atoms with Gasteiger partial charge in [-0.15, -0.1) is 0 Å². The molecule has 0 spiro atoms. The molecule has 2 aromatic rings. The van der Waals surface area contributed by atoms with Crippen molar-refractivity contribution in [2.24, 2.45) is 0 Å². The number of benzene rings is 2. The Balaban J connectivity index is 1.70. The molecule has 9 nitrogen and oxygen atoms in total. The second-order valence-corrected chi connectivity index (χ2v) is 6.77. The van der Waals surface area contributed by atoms with Gasteiger partial charge >= 0.3 is 6.03 Å². The van der Waals surface area contributed by atoms with Crippen LogP contribution >= 0.6 is 0 Å². The number of amides is 3. The van der Waals surface area contributed by atoms with E-state index in [9.17, 15) is 19.7 Å². The van der Waals surface area contributed by atoms with E-state index < -0.39 is 22.4 Å². The second kappa shape index (κ2) is 6.61. The number of hydrogen-bond acceptors (Lipinski definition) is 6. The number of carbonyl (C=O) groups excluding carboxylic acids is 2. The third-order valence-corrected chi connectivity index (χ3v) is 4.94. The lowest BCUT2D eigenvalue weighted by molar-refractivity contribution is -0.385. The van der Waals surface area contributed by atoms with E-state index in [2.05, 4.69) is 5.32 Å². The highest BCUT2D eigenvalue weighted by molar-refractivity contribution is 6.07. The first-order chi connectivity index (χ1) is 13.4. The normalized spacial score (nSPS) is 21.1. The summed E-state index contributed by atoms with van der Waals surface area (Å²) >= 11 is 0. The lowest BCUT2D eigenvalue weighted by atomic mass is 9.92. The number of fused-ring (bicyclic) bond motifs is 1. The summed E-state index contributed by atoms with van der Waals surface area (Å²) in [5.74, 6) is -0.0261. The van der Waals surface area contributed by atoms with Crippen molar-refractivity contribution in [2.75, 3.05) is 6.79 Å². The summed E-state index contributed by atoms with van der Waals surface area (Å²) in [6.45, 7) is 1.65. The highest BCUT2D eigenvalue weighted by Crippen LogP contribution is 2.36. The van der Waals surface area contributed by atoms with Gasteiger partial charge in [-0.2, -0.15) is 0 Å². The van der Waals surface area contributed by atoms with Gasteiger partial charge in [-0.1, -0.05) is 30.3 Å². The van der Waals surface area contributed by atoms with Gasteiger partial charge in [0, 0.05) is 23.3 Å². The van der Waals surface area contributed by atoms with Crippen LogP contribution in [0.3, 0.4) is 0 Å². The Kier molecular flexibility index (Phi) is 4.23. The number of non-ortho nitro benzene ring substituents is 1. The minimum absolute atomic E-state index is 0.000313. The van der Waals surface area contributed by atoms with Crippen molar-refractivity contribution in [1.29, 1.82) is 0 Å². The topological polar surface area (TPSA) is 111 Å². The summed E-state index contributed by atoms with van der Waals surface area (Å²) in [5.41, 5.74) is 0.187. The molecule has 28 heavy (non-hydrogen) atoms. The maximum atomic E-state index is 13.1. The molecule has 0 radical (unpaired) electrons. The number of nitro groups is 1. The quantitative estimate of drug-likeness (QED) is 0.493. The summed E-state index contributed by atoms with van der Waals surface area (Å²) in [7, 11) is 0. The fraction of sp³-hybridized carbons (Fsp3) is 0.263. The van der Waals surface area contributed by atoms with Gasteiger partial charge < -0.3 is 14.8 Å². The van der Waals surface area contributed by atoms with Crippen molar-refractivity contribution < 1.29 is 24.0 Å². The number of imide groups is 1. The molecule has 0 saturated carbocycles. The van der Waals surface area contributed by atoms with Gasteiger partial charge in [0.25, 0.3) is 11.6 Å². The number of nitro benzene ring substituents is 1. The molecule has 0 unspecified atom stereocenters. The van der Waals surface area contributed by atoms with Gasteiger partial charge in [-0.05, 0) is 12.5 Å². The summed E-state index contributed by atoms with van der Waals surface area (Å²) in [4.78, 5) is 37.4. The van der Waals surface area contributed by atoms with E-state index in [1.54, 1.807) is 31.2 Å². The van der Waals surface area contributed by atoms with Crippen LogP contribution in [-0.2, 0) is 28.2 Å². The van der Waals surface area contributed by atoms with Gasteiger partial charge in [-0.25, -0.2) is 4.79 Å². The molecule has 1 fully saturated rings. The van der Waals surface area contributed by atoms with Crippen LogP contribution in [0.2, 0.25) is 0 Å². The molecule has 0 bridgehead atoms. The molecule has 9 heteroatoms. The molecule has 144 valence electrons. The largest absolute Gasteiger partial charge is 0.467 e. The maximum Gasteiger partial charge on any atom is 0.325 e. The zero-order valence-corrected chi connectivity index (χ0v) is 15.0. The van der Waals surface area contributed by atoms with Crippen molar-refractivity contribution in [3.63, 3.8) is 0 Å². The highest BCUT2D eigenvalue weighted by Gasteiger charge is 2.49. The third kappa shape index (κ3) is 2.85. The van der Waals surface area contributed by atoms with Gasteiger partial charge in [-0.3, -0.25) is 19.8 Å². The molecular formula is C19H17N3O6. The Labute approximate surface area is 160 Å². The van der Waals surface area contributed by atoms with Gasteiger partial charge in [0.15, 0.2) is 6.79 Å². The predicted octanol–water partition coefficient (Wildman–Crippen LogP) is 2.43. The molecule has 3 amide bonds. The Morgan fingerprint density at radius 3 is 2.71 bits per heavy atom. The maximum absolute atomic E-state index is 13.1. The van der Waals surface area contributed by atoms with Crippen molar-refractivity contribution >= 4 is 17.6 Å². The van der Waals surface area contributed by atoms with Gasteiger partial charge in [0.1, 0.15) is 11.3 Å². The average Bonchev–Trinajstić information content (AvgIpc) is 2.92. The SMILES string of the molecule is C[C@@]1(c2ccccc2)NC(=O)N(Cc2cc([N+](=O)[O-])cc3c2OCOC3)C1=O. The average molecular weight is 383 g/mol. The molecule has 1 N–H and O–H groups in total. The number of carbonyl (C=O) groups is 2. The summed E-state index contributed by atoms with van der Waals surface area (Å²) < 4.78 is 10.7.